The van der Waals surface area contributed by atoms with Gasteiger partial charge in [0.15, 0.2) is 0 Å². The Balaban J connectivity index is 2.17. The SMILES string of the molecule is CCC1=NC2(CCCCC2)NC1=S. The van der Waals surface area contributed by atoms with E-state index in [1.54, 1.807) is 0 Å². The lowest BCUT2D eigenvalue weighted by Crippen LogP contribution is -2.43. The molecule has 0 amide bonds. The van der Waals surface area contributed by atoms with Gasteiger partial charge in [0, 0.05) is 0 Å². The standard InChI is InChI=1S/C10H16N2S/c1-2-8-9(13)12-10(11-8)6-4-3-5-7-10/h2-7H2,1H3,(H,12,13). The van der Waals surface area contributed by atoms with E-state index < -0.39 is 0 Å². The highest BCUT2D eigenvalue weighted by atomic mass is 32.1. The molecule has 0 unspecified atom stereocenters. The van der Waals surface area contributed by atoms with Crippen molar-refractivity contribution in [2.75, 3.05) is 0 Å². The Morgan fingerprint density at radius 1 is 1.38 bits per heavy atom. The summed E-state index contributed by atoms with van der Waals surface area (Å²) >= 11 is 5.25. The first-order valence-corrected chi connectivity index (χ1v) is 5.58. The zero-order valence-electron chi connectivity index (χ0n) is 8.10. The van der Waals surface area contributed by atoms with Gasteiger partial charge in [-0.2, -0.15) is 0 Å². The summed E-state index contributed by atoms with van der Waals surface area (Å²) in [5, 5.41) is 3.40. The van der Waals surface area contributed by atoms with E-state index in [-0.39, 0.29) is 5.66 Å². The summed E-state index contributed by atoms with van der Waals surface area (Å²) in [4.78, 5) is 5.64. The van der Waals surface area contributed by atoms with Gasteiger partial charge in [-0.25, -0.2) is 0 Å². The molecule has 1 N–H and O–H groups in total. The Hall–Kier alpha value is -0.440. The Labute approximate surface area is 84.8 Å². The molecule has 0 aromatic rings. The molecule has 3 heteroatoms. The molecule has 2 rings (SSSR count). The van der Waals surface area contributed by atoms with E-state index in [1.165, 1.54) is 19.3 Å². The van der Waals surface area contributed by atoms with Crippen molar-refractivity contribution >= 4 is 22.9 Å². The van der Waals surface area contributed by atoms with Crippen LogP contribution in [0.1, 0.15) is 45.4 Å². The topological polar surface area (TPSA) is 24.4 Å². The second kappa shape index (κ2) is 3.37. The van der Waals surface area contributed by atoms with E-state index in [0.717, 1.165) is 30.0 Å². The second-order valence-electron chi connectivity index (χ2n) is 3.96. The van der Waals surface area contributed by atoms with Gasteiger partial charge in [-0.3, -0.25) is 4.99 Å². The van der Waals surface area contributed by atoms with Crippen molar-refractivity contribution in [2.24, 2.45) is 4.99 Å². The first kappa shape index (κ1) is 9.13. The van der Waals surface area contributed by atoms with Crippen LogP contribution >= 0.6 is 12.2 Å². The normalized spacial score (nSPS) is 25.9. The van der Waals surface area contributed by atoms with E-state index in [4.69, 9.17) is 17.2 Å². The van der Waals surface area contributed by atoms with Crippen molar-refractivity contribution in [3.05, 3.63) is 0 Å². The Bertz CT molecular complexity index is 252. The van der Waals surface area contributed by atoms with Crippen molar-refractivity contribution in [1.29, 1.82) is 0 Å². The largest absolute Gasteiger partial charge is 0.351 e. The van der Waals surface area contributed by atoms with Gasteiger partial charge in [-0.05, 0) is 32.1 Å². The van der Waals surface area contributed by atoms with E-state index in [9.17, 15) is 0 Å². The summed E-state index contributed by atoms with van der Waals surface area (Å²) < 4.78 is 0. The summed E-state index contributed by atoms with van der Waals surface area (Å²) in [6.07, 6.45) is 7.22. The zero-order valence-corrected chi connectivity index (χ0v) is 8.91. The van der Waals surface area contributed by atoms with Gasteiger partial charge >= 0.3 is 0 Å². The van der Waals surface area contributed by atoms with Crippen LogP contribution in [0.5, 0.6) is 0 Å². The minimum atomic E-state index is 0.0146. The summed E-state index contributed by atoms with van der Waals surface area (Å²) in [6.45, 7) is 2.12. The van der Waals surface area contributed by atoms with Crippen LogP contribution in [0.3, 0.4) is 0 Å². The number of thiocarbonyl (C=S) groups is 1. The summed E-state index contributed by atoms with van der Waals surface area (Å²) in [7, 11) is 0. The molecule has 0 saturated heterocycles. The molecule has 0 aromatic heterocycles. The minimum absolute atomic E-state index is 0.0146. The molecule has 1 fully saturated rings. The summed E-state index contributed by atoms with van der Waals surface area (Å²) in [5.41, 5.74) is 1.12. The molecular weight excluding hydrogens is 180 g/mol. The Kier molecular flexibility index (Phi) is 2.37. The number of hydrogen-bond acceptors (Lipinski definition) is 2. The molecule has 1 heterocycles. The number of aliphatic imine (C=N–C) groups is 1. The van der Waals surface area contributed by atoms with Crippen LogP contribution in [-0.4, -0.2) is 16.4 Å². The lowest BCUT2D eigenvalue weighted by Gasteiger charge is -2.30. The quantitative estimate of drug-likeness (QED) is 0.651. The van der Waals surface area contributed by atoms with Crippen LogP contribution in [0.2, 0.25) is 0 Å². The van der Waals surface area contributed by atoms with Crippen LogP contribution in [-0.2, 0) is 0 Å². The fourth-order valence-corrected chi connectivity index (χ4v) is 2.61. The smallest absolute Gasteiger partial charge is 0.130 e. The highest BCUT2D eigenvalue weighted by Crippen LogP contribution is 2.32. The lowest BCUT2D eigenvalue weighted by atomic mass is 9.90. The minimum Gasteiger partial charge on any atom is -0.351 e. The fraction of sp³-hybridized carbons (Fsp3) is 0.800. The average Bonchev–Trinajstić information content (AvgIpc) is 2.44. The van der Waals surface area contributed by atoms with E-state index in [1.807, 2.05) is 0 Å². The van der Waals surface area contributed by atoms with Gasteiger partial charge in [0.2, 0.25) is 0 Å². The maximum Gasteiger partial charge on any atom is 0.130 e. The van der Waals surface area contributed by atoms with Crippen molar-refractivity contribution < 1.29 is 0 Å². The van der Waals surface area contributed by atoms with Gasteiger partial charge in [-0.1, -0.05) is 25.6 Å². The fourth-order valence-electron chi connectivity index (χ4n) is 2.23. The third-order valence-corrected chi connectivity index (χ3v) is 3.31. The third kappa shape index (κ3) is 1.62. The second-order valence-corrected chi connectivity index (χ2v) is 4.37. The molecule has 0 atom stereocenters. The highest BCUT2D eigenvalue weighted by molar-refractivity contribution is 7.82. The van der Waals surface area contributed by atoms with Gasteiger partial charge in [0.25, 0.3) is 0 Å². The van der Waals surface area contributed by atoms with Crippen LogP contribution < -0.4 is 5.32 Å². The molecule has 1 aliphatic heterocycles. The maximum atomic E-state index is 5.25. The van der Waals surface area contributed by atoms with Gasteiger partial charge in [-0.15, -0.1) is 0 Å². The predicted octanol–water partition coefficient (Wildman–Crippen LogP) is 2.43. The lowest BCUT2D eigenvalue weighted by molar-refractivity contribution is 0.286. The summed E-state index contributed by atoms with van der Waals surface area (Å²) in [6, 6.07) is 0. The molecule has 2 aliphatic rings. The van der Waals surface area contributed by atoms with Gasteiger partial charge in [0.1, 0.15) is 10.7 Å². The predicted molar refractivity (Wildman–Crippen MR) is 59.3 cm³/mol. The molecule has 0 radical (unpaired) electrons. The maximum absolute atomic E-state index is 5.25. The zero-order chi connectivity index (χ0) is 9.31. The molecule has 0 aromatic carbocycles. The summed E-state index contributed by atoms with van der Waals surface area (Å²) in [5.74, 6) is 0. The third-order valence-electron chi connectivity index (χ3n) is 2.97. The Morgan fingerprint density at radius 3 is 2.62 bits per heavy atom. The molecule has 13 heavy (non-hydrogen) atoms. The van der Waals surface area contributed by atoms with Gasteiger partial charge < -0.3 is 5.32 Å². The van der Waals surface area contributed by atoms with E-state index >= 15 is 0 Å². The number of rotatable bonds is 1. The van der Waals surface area contributed by atoms with E-state index in [0.29, 0.717) is 0 Å². The van der Waals surface area contributed by atoms with E-state index in [2.05, 4.69) is 12.2 Å². The molecule has 1 spiro atoms. The molecule has 1 saturated carbocycles. The van der Waals surface area contributed by atoms with Crippen LogP contribution in [0, 0.1) is 0 Å². The Morgan fingerprint density at radius 2 is 2.08 bits per heavy atom. The van der Waals surface area contributed by atoms with Crippen molar-refractivity contribution in [2.45, 2.75) is 51.1 Å². The molecule has 2 nitrogen and oxygen atoms in total. The van der Waals surface area contributed by atoms with Crippen molar-refractivity contribution in [3.8, 4) is 0 Å². The first-order chi connectivity index (χ1) is 6.26. The average molecular weight is 196 g/mol. The van der Waals surface area contributed by atoms with Gasteiger partial charge in [0.05, 0.1) is 5.71 Å². The monoisotopic (exact) mass is 196 g/mol. The highest BCUT2D eigenvalue weighted by Gasteiger charge is 2.37. The van der Waals surface area contributed by atoms with Crippen LogP contribution in [0.25, 0.3) is 0 Å². The number of hydrogen-bond donors (Lipinski definition) is 1. The molecule has 1 aliphatic carbocycles. The first-order valence-electron chi connectivity index (χ1n) is 5.17. The molecule has 72 valence electrons. The van der Waals surface area contributed by atoms with Crippen LogP contribution in [0.15, 0.2) is 4.99 Å². The molecular formula is C10H16N2S. The van der Waals surface area contributed by atoms with Crippen LogP contribution in [0.4, 0.5) is 0 Å². The molecule has 0 bridgehead atoms. The van der Waals surface area contributed by atoms with Crippen molar-refractivity contribution in [1.82, 2.24) is 5.32 Å². The number of nitrogens with one attached hydrogen (secondary N) is 1. The number of nitrogens with zero attached hydrogens (tertiary/aromatic N) is 1. The van der Waals surface area contributed by atoms with Crippen molar-refractivity contribution in [3.63, 3.8) is 0 Å².